The molecule has 1 heterocycles. The summed E-state index contributed by atoms with van der Waals surface area (Å²) in [4.78, 5) is 25.5. The first-order valence-corrected chi connectivity index (χ1v) is 8.46. The molecule has 1 saturated heterocycles. The summed E-state index contributed by atoms with van der Waals surface area (Å²) in [5.41, 5.74) is 0.688. The van der Waals surface area contributed by atoms with Crippen molar-refractivity contribution in [3.8, 4) is 0 Å². The Labute approximate surface area is 141 Å². The molecular weight excluding hydrogens is 316 g/mol. The van der Waals surface area contributed by atoms with Crippen molar-refractivity contribution >= 4 is 29.2 Å². The summed E-state index contributed by atoms with van der Waals surface area (Å²) in [6.45, 7) is 5.63. The number of ether oxygens (including phenoxy) is 1. The maximum atomic E-state index is 12.4. The molecule has 0 bridgehead atoms. The van der Waals surface area contributed by atoms with Crippen LogP contribution in [-0.2, 0) is 14.3 Å². The van der Waals surface area contributed by atoms with Crippen LogP contribution in [0.2, 0.25) is 5.02 Å². The summed E-state index contributed by atoms with van der Waals surface area (Å²) < 4.78 is 5.11. The van der Waals surface area contributed by atoms with E-state index in [1.165, 1.54) is 0 Å². The zero-order valence-corrected chi connectivity index (χ0v) is 14.4. The van der Waals surface area contributed by atoms with Gasteiger partial charge < -0.3 is 15.0 Å². The summed E-state index contributed by atoms with van der Waals surface area (Å²) in [6.07, 6.45) is 1.76. The molecule has 1 fully saturated rings. The molecule has 6 heteroatoms. The van der Waals surface area contributed by atoms with Crippen LogP contribution in [0.1, 0.15) is 26.7 Å². The zero-order chi connectivity index (χ0) is 16.8. The second-order valence-corrected chi connectivity index (χ2v) is 6.36. The minimum atomic E-state index is -0.230. The second kappa shape index (κ2) is 8.31. The number of rotatable bonds is 5. The normalized spacial score (nSPS) is 22.2. The highest BCUT2D eigenvalue weighted by atomic mass is 35.5. The molecule has 1 aliphatic rings. The number of amides is 1. The number of hydrogen-bond donors (Lipinski definition) is 2. The summed E-state index contributed by atoms with van der Waals surface area (Å²) >= 11 is 5.93. The molecule has 23 heavy (non-hydrogen) atoms. The van der Waals surface area contributed by atoms with Crippen LogP contribution < -0.4 is 10.2 Å². The molecule has 0 radical (unpaired) electrons. The lowest BCUT2D eigenvalue weighted by Crippen LogP contribution is -3.18. The number of halogens is 1. The van der Waals surface area contributed by atoms with Crippen molar-refractivity contribution in [3.63, 3.8) is 0 Å². The third kappa shape index (κ3) is 4.94. The molecule has 0 aromatic heterocycles. The number of piperidine rings is 1. The number of benzene rings is 1. The van der Waals surface area contributed by atoms with Crippen molar-refractivity contribution in [1.82, 2.24) is 0 Å². The quantitative estimate of drug-likeness (QED) is 0.800. The summed E-state index contributed by atoms with van der Waals surface area (Å²) in [6, 6.07) is 6.86. The van der Waals surface area contributed by atoms with Crippen LogP contribution in [-0.4, -0.2) is 37.6 Å². The second-order valence-electron chi connectivity index (χ2n) is 5.92. The van der Waals surface area contributed by atoms with Gasteiger partial charge in [0.15, 0.2) is 6.04 Å². The predicted molar refractivity (Wildman–Crippen MR) is 89.6 cm³/mol. The zero-order valence-electron chi connectivity index (χ0n) is 13.6. The number of hydrogen-bond acceptors (Lipinski definition) is 3. The van der Waals surface area contributed by atoms with Gasteiger partial charge in [0.2, 0.25) is 0 Å². The van der Waals surface area contributed by atoms with Crippen molar-refractivity contribution in [1.29, 1.82) is 0 Å². The molecular formula is C17H24ClN2O3+. The van der Waals surface area contributed by atoms with E-state index in [-0.39, 0.29) is 23.8 Å². The van der Waals surface area contributed by atoms with Gasteiger partial charge in [0.25, 0.3) is 5.91 Å². The van der Waals surface area contributed by atoms with E-state index < -0.39 is 0 Å². The molecule has 0 spiro atoms. The minimum Gasteiger partial charge on any atom is -0.466 e. The van der Waals surface area contributed by atoms with Gasteiger partial charge in [-0.05, 0) is 44.9 Å². The topological polar surface area (TPSA) is 59.8 Å². The SMILES string of the molecule is CCOC(=O)[C@H]1CCC[NH+]([C@@H](C)C(=O)Nc2cccc(Cl)c2)C1. The van der Waals surface area contributed by atoms with E-state index in [1.807, 2.05) is 19.9 Å². The van der Waals surface area contributed by atoms with E-state index >= 15 is 0 Å². The van der Waals surface area contributed by atoms with Gasteiger partial charge in [-0.3, -0.25) is 9.59 Å². The van der Waals surface area contributed by atoms with Gasteiger partial charge in [0.1, 0.15) is 5.92 Å². The maximum absolute atomic E-state index is 12.4. The highest BCUT2D eigenvalue weighted by Gasteiger charge is 2.34. The lowest BCUT2D eigenvalue weighted by molar-refractivity contribution is -0.921. The summed E-state index contributed by atoms with van der Waals surface area (Å²) in [5.74, 6) is -0.320. The highest BCUT2D eigenvalue weighted by Crippen LogP contribution is 2.15. The van der Waals surface area contributed by atoms with Gasteiger partial charge in [-0.2, -0.15) is 0 Å². The van der Waals surface area contributed by atoms with Crippen molar-refractivity contribution in [3.05, 3.63) is 29.3 Å². The van der Waals surface area contributed by atoms with Gasteiger partial charge in [-0.25, -0.2) is 0 Å². The van der Waals surface area contributed by atoms with Crippen LogP contribution in [0.25, 0.3) is 0 Å². The minimum absolute atomic E-state index is 0.0632. The molecule has 2 N–H and O–H groups in total. The Hall–Kier alpha value is -1.59. The Morgan fingerprint density at radius 3 is 2.96 bits per heavy atom. The van der Waals surface area contributed by atoms with Gasteiger partial charge in [-0.1, -0.05) is 17.7 Å². The molecule has 1 aromatic rings. The van der Waals surface area contributed by atoms with Gasteiger partial charge in [-0.15, -0.1) is 0 Å². The van der Waals surface area contributed by atoms with Crippen LogP contribution in [0.15, 0.2) is 24.3 Å². The molecule has 5 nitrogen and oxygen atoms in total. The average Bonchev–Trinajstić information content (AvgIpc) is 2.54. The van der Waals surface area contributed by atoms with Crippen LogP contribution in [0, 0.1) is 5.92 Å². The smallest absolute Gasteiger partial charge is 0.314 e. The fourth-order valence-electron chi connectivity index (χ4n) is 2.95. The van der Waals surface area contributed by atoms with Crippen molar-refractivity contribution < 1.29 is 19.2 Å². The molecule has 126 valence electrons. The summed E-state index contributed by atoms with van der Waals surface area (Å²) in [5, 5.41) is 3.47. The van der Waals surface area contributed by atoms with Gasteiger partial charge in [0, 0.05) is 10.7 Å². The van der Waals surface area contributed by atoms with Crippen LogP contribution >= 0.6 is 11.6 Å². The van der Waals surface area contributed by atoms with E-state index in [2.05, 4.69) is 5.32 Å². The number of likely N-dealkylation sites (tertiary alicyclic amines) is 1. The number of esters is 1. The fraction of sp³-hybridized carbons (Fsp3) is 0.529. The average molecular weight is 340 g/mol. The number of carbonyl (C=O) groups excluding carboxylic acids is 2. The molecule has 2 rings (SSSR count). The van der Waals surface area contributed by atoms with E-state index in [0.717, 1.165) is 24.3 Å². The molecule has 1 amide bonds. The van der Waals surface area contributed by atoms with E-state index in [1.54, 1.807) is 18.2 Å². The first-order chi connectivity index (χ1) is 11.0. The Bertz CT molecular complexity index is 565. The van der Waals surface area contributed by atoms with Crippen LogP contribution in [0.3, 0.4) is 0 Å². The van der Waals surface area contributed by atoms with E-state index in [0.29, 0.717) is 23.9 Å². The van der Waals surface area contributed by atoms with Crippen molar-refractivity contribution in [2.24, 2.45) is 5.92 Å². The molecule has 1 aromatic carbocycles. The Morgan fingerprint density at radius 1 is 1.48 bits per heavy atom. The fourth-order valence-corrected chi connectivity index (χ4v) is 3.14. The Morgan fingerprint density at radius 2 is 2.26 bits per heavy atom. The standard InChI is InChI=1S/C17H23ClN2O3/c1-3-23-17(22)13-6-5-9-20(11-13)12(2)16(21)19-15-8-4-7-14(18)10-15/h4,7-8,10,12-13H,3,5-6,9,11H2,1-2H3,(H,19,21)/p+1/t12-,13-/m0/s1. The van der Waals surface area contributed by atoms with Crippen molar-refractivity contribution in [2.45, 2.75) is 32.7 Å². The number of carbonyl (C=O) groups is 2. The largest absolute Gasteiger partial charge is 0.466 e. The highest BCUT2D eigenvalue weighted by molar-refractivity contribution is 6.30. The molecule has 0 aliphatic carbocycles. The molecule has 3 atom stereocenters. The number of quaternary nitrogens is 1. The third-order valence-corrected chi connectivity index (χ3v) is 4.51. The lowest BCUT2D eigenvalue weighted by Gasteiger charge is -2.32. The van der Waals surface area contributed by atoms with E-state index in [9.17, 15) is 9.59 Å². The van der Waals surface area contributed by atoms with Gasteiger partial charge >= 0.3 is 5.97 Å². The van der Waals surface area contributed by atoms with Crippen LogP contribution in [0.4, 0.5) is 5.69 Å². The van der Waals surface area contributed by atoms with Gasteiger partial charge in [0.05, 0.1) is 19.7 Å². The first kappa shape index (κ1) is 17.8. The molecule has 1 aliphatic heterocycles. The predicted octanol–water partition coefficient (Wildman–Crippen LogP) is 1.52. The Balaban J connectivity index is 1.94. The molecule has 1 unspecified atom stereocenters. The summed E-state index contributed by atoms with van der Waals surface area (Å²) in [7, 11) is 0. The monoisotopic (exact) mass is 339 g/mol. The number of nitrogens with one attached hydrogen (secondary N) is 2. The maximum Gasteiger partial charge on any atom is 0.314 e. The third-order valence-electron chi connectivity index (χ3n) is 4.28. The molecule has 0 saturated carbocycles. The number of anilines is 1. The van der Waals surface area contributed by atoms with Crippen LogP contribution in [0.5, 0.6) is 0 Å². The Kier molecular flexibility index (Phi) is 6.42. The van der Waals surface area contributed by atoms with Crippen molar-refractivity contribution in [2.75, 3.05) is 25.0 Å². The first-order valence-electron chi connectivity index (χ1n) is 8.09. The lowest BCUT2D eigenvalue weighted by atomic mass is 9.97. The van der Waals surface area contributed by atoms with E-state index in [4.69, 9.17) is 16.3 Å².